The van der Waals surface area contributed by atoms with Crippen LogP contribution < -0.4 is 15.0 Å². The molecule has 1 amide bonds. The summed E-state index contributed by atoms with van der Waals surface area (Å²) >= 11 is 0. The molecule has 4 rings (SSSR count). The molecule has 0 bridgehead atoms. The van der Waals surface area contributed by atoms with Crippen LogP contribution in [0.2, 0.25) is 0 Å². The van der Waals surface area contributed by atoms with Gasteiger partial charge in [0.25, 0.3) is 0 Å². The van der Waals surface area contributed by atoms with Gasteiger partial charge in [-0.3, -0.25) is 4.79 Å². The normalized spacial score (nSPS) is 15.1. The molecule has 1 aromatic heterocycles. The van der Waals surface area contributed by atoms with Gasteiger partial charge < -0.3 is 19.7 Å². The highest BCUT2D eigenvalue weighted by atomic mass is 19.1. The summed E-state index contributed by atoms with van der Waals surface area (Å²) < 4.78 is 25.6. The van der Waals surface area contributed by atoms with Gasteiger partial charge in [-0.1, -0.05) is 12.1 Å². The summed E-state index contributed by atoms with van der Waals surface area (Å²) in [6.45, 7) is 3.50. The van der Waals surface area contributed by atoms with Crippen molar-refractivity contribution in [1.29, 1.82) is 0 Å². The highest BCUT2D eigenvalue weighted by Gasteiger charge is 2.38. The highest BCUT2D eigenvalue weighted by Crippen LogP contribution is 2.38. The van der Waals surface area contributed by atoms with Gasteiger partial charge in [0.05, 0.1) is 19.3 Å². The van der Waals surface area contributed by atoms with Gasteiger partial charge in [0.1, 0.15) is 30.5 Å². The van der Waals surface area contributed by atoms with Crippen LogP contribution in [0.15, 0.2) is 66.1 Å². The molecule has 0 saturated heterocycles. The second-order valence-corrected chi connectivity index (χ2v) is 7.54. The van der Waals surface area contributed by atoms with Crippen LogP contribution in [0.25, 0.3) is 0 Å². The highest BCUT2D eigenvalue weighted by molar-refractivity contribution is 5.96. The van der Waals surface area contributed by atoms with Crippen molar-refractivity contribution in [2.24, 2.45) is 0 Å². The Labute approximate surface area is 195 Å². The smallest absolute Gasteiger partial charge is 0.338 e. The summed E-state index contributed by atoms with van der Waals surface area (Å²) in [5.41, 5.74) is 2.03. The third-order valence-corrected chi connectivity index (χ3v) is 5.46. The van der Waals surface area contributed by atoms with Gasteiger partial charge in [0.2, 0.25) is 11.9 Å². The molecule has 176 valence electrons. The van der Waals surface area contributed by atoms with Crippen molar-refractivity contribution in [2.75, 3.05) is 30.5 Å². The van der Waals surface area contributed by atoms with E-state index in [0.29, 0.717) is 34.2 Å². The van der Waals surface area contributed by atoms with E-state index in [4.69, 9.17) is 9.47 Å². The van der Waals surface area contributed by atoms with E-state index < -0.39 is 17.8 Å². The van der Waals surface area contributed by atoms with Crippen LogP contribution in [-0.2, 0) is 14.3 Å². The number of anilines is 2. The number of fused-ring (bicyclic) bond motifs is 1. The van der Waals surface area contributed by atoms with E-state index >= 15 is 0 Å². The second kappa shape index (κ2) is 9.74. The third kappa shape index (κ3) is 4.47. The van der Waals surface area contributed by atoms with Gasteiger partial charge in [-0.05, 0) is 55.8 Å². The zero-order chi connectivity index (χ0) is 24.2. The predicted octanol–water partition coefficient (Wildman–Crippen LogP) is 3.31. The van der Waals surface area contributed by atoms with Crippen molar-refractivity contribution in [3.05, 3.63) is 77.5 Å². The SMILES string of the molecule is CCOC(=O)C1=C(C)N(CC(=O)Nc2ccc(OC)cc2)c2ncnn2[C@@H]1c1ccc(F)cc1. The average molecular weight is 465 g/mol. The van der Waals surface area contributed by atoms with Crippen LogP contribution in [0, 0.1) is 5.82 Å². The number of nitrogens with zero attached hydrogens (tertiary/aromatic N) is 4. The fourth-order valence-corrected chi connectivity index (χ4v) is 3.86. The fourth-order valence-electron chi connectivity index (χ4n) is 3.86. The number of rotatable bonds is 7. The first-order valence-corrected chi connectivity index (χ1v) is 10.7. The molecule has 2 aromatic carbocycles. The molecule has 0 saturated carbocycles. The minimum absolute atomic E-state index is 0.115. The Bertz CT molecular complexity index is 1220. The van der Waals surface area contributed by atoms with Crippen LogP contribution in [0.5, 0.6) is 5.75 Å². The van der Waals surface area contributed by atoms with Crippen LogP contribution >= 0.6 is 0 Å². The van der Waals surface area contributed by atoms with Crippen molar-refractivity contribution in [2.45, 2.75) is 19.9 Å². The summed E-state index contributed by atoms with van der Waals surface area (Å²) in [5.74, 6) is -0.205. The van der Waals surface area contributed by atoms with Gasteiger partial charge in [-0.25, -0.2) is 13.9 Å². The van der Waals surface area contributed by atoms with E-state index in [-0.39, 0.29) is 19.1 Å². The molecule has 0 fully saturated rings. The Morgan fingerprint density at radius 3 is 2.47 bits per heavy atom. The lowest BCUT2D eigenvalue weighted by atomic mass is 9.95. The van der Waals surface area contributed by atoms with Gasteiger partial charge in [0.15, 0.2) is 0 Å². The number of ether oxygens (including phenoxy) is 2. The molecule has 0 radical (unpaired) electrons. The van der Waals surface area contributed by atoms with Gasteiger partial charge >= 0.3 is 5.97 Å². The van der Waals surface area contributed by atoms with Crippen molar-refractivity contribution in [3.63, 3.8) is 0 Å². The second-order valence-electron chi connectivity index (χ2n) is 7.54. The third-order valence-electron chi connectivity index (χ3n) is 5.46. The Hall–Kier alpha value is -4.21. The number of carbonyl (C=O) groups excluding carboxylic acids is 2. The van der Waals surface area contributed by atoms with Crippen LogP contribution in [0.3, 0.4) is 0 Å². The molecule has 3 aromatic rings. The van der Waals surface area contributed by atoms with E-state index in [2.05, 4.69) is 15.4 Å². The molecule has 1 N–H and O–H groups in total. The Morgan fingerprint density at radius 1 is 1.12 bits per heavy atom. The molecule has 34 heavy (non-hydrogen) atoms. The summed E-state index contributed by atoms with van der Waals surface area (Å²) in [4.78, 5) is 31.8. The van der Waals surface area contributed by atoms with Crippen LogP contribution in [0.1, 0.15) is 25.5 Å². The standard InChI is InChI=1S/C24H24FN5O4/c1-4-34-23(32)21-15(2)29(13-20(31)28-18-9-11-19(33-3)12-10-18)24-26-14-27-30(24)22(21)16-5-7-17(25)8-6-16/h5-12,14,22H,4,13H2,1-3H3,(H,28,31)/t22-/m1/s1. The summed E-state index contributed by atoms with van der Waals surface area (Å²) in [6.07, 6.45) is 1.35. The number of hydrogen-bond donors (Lipinski definition) is 1. The summed E-state index contributed by atoms with van der Waals surface area (Å²) in [5, 5.41) is 7.14. The molecule has 10 heteroatoms. The molecule has 0 unspecified atom stereocenters. The number of esters is 1. The minimum atomic E-state index is -0.682. The zero-order valence-electron chi connectivity index (χ0n) is 19.0. The van der Waals surface area contributed by atoms with Gasteiger partial charge in [-0.2, -0.15) is 10.1 Å². The van der Waals surface area contributed by atoms with Crippen molar-refractivity contribution < 1.29 is 23.5 Å². The van der Waals surface area contributed by atoms with Crippen molar-refractivity contribution >= 4 is 23.5 Å². The lowest BCUT2D eigenvalue weighted by molar-refractivity contribution is -0.139. The average Bonchev–Trinajstić information content (AvgIpc) is 3.31. The first-order valence-electron chi connectivity index (χ1n) is 10.7. The Morgan fingerprint density at radius 2 is 1.82 bits per heavy atom. The first kappa shape index (κ1) is 23.0. The van der Waals surface area contributed by atoms with E-state index in [1.54, 1.807) is 62.3 Å². The Balaban J connectivity index is 1.69. The Kier molecular flexibility index (Phi) is 6.58. The molecule has 0 spiro atoms. The minimum Gasteiger partial charge on any atom is -0.497 e. The number of benzene rings is 2. The number of halogens is 1. The number of carbonyl (C=O) groups is 2. The maximum absolute atomic E-state index is 13.6. The number of aromatic nitrogens is 3. The molecular formula is C24H24FN5O4. The van der Waals surface area contributed by atoms with E-state index in [0.717, 1.165) is 0 Å². The molecule has 0 aliphatic carbocycles. The largest absolute Gasteiger partial charge is 0.497 e. The first-order chi connectivity index (χ1) is 16.4. The van der Waals surface area contributed by atoms with Crippen LogP contribution in [-0.4, -0.2) is 46.9 Å². The monoisotopic (exact) mass is 465 g/mol. The van der Waals surface area contributed by atoms with E-state index in [9.17, 15) is 14.0 Å². The molecular weight excluding hydrogens is 441 g/mol. The lowest BCUT2D eigenvalue weighted by Crippen LogP contribution is -2.40. The van der Waals surface area contributed by atoms with Gasteiger partial charge in [0, 0.05) is 11.4 Å². The molecule has 9 nitrogen and oxygen atoms in total. The summed E-state index contributed by atoms with van der Waals surface area (Å²) in [7, 11) is 1.57. The maximum Gasteiger partial charge on any atom is 0.338 e. The van der Waals surface area contributed by atoms with Crippen molar-refractivity contribution in [3.8, 4) is 5.75 Å². The fraction of sp³-hybridized carbons (Fsp3) is 0.250. The maximum atomic E-state index is 13.6. The van der Waals surface area contributed by atoms with Crippen LogP contribution in [0.4, 0.5) is 16.0 Å². The molecule has 1 aliphatic heterocycles. The molecule has 2 heterocycles. The number of amides is 1. The number of nitrogens with one attached hydrogen (secondary N) is 1. The van der Waals surface area contributed by atoms with E-state index in [1.807, 2.05) is 0 Å². The zero-order valence-corrected chi connectivity index (χ0v) is 19.0. The van der Waals surface area contributed by atoms with Crippen molar-refractivity contribution in [1.82, 2.24) is 14.8 Å². The molecule has 1 aliphatic rings. The number of methoxy groups -OCH3 is 1. The lowest BCUT2D eigenvalue weighted by Gasteiger charge is -2.35. The predicted molar refractivity (Wildman–Crippen MR) is 123 cm³/mol. The van der Waals surface area contributed by atoms with Gasteiger partial charge in [-0.15, -0.1) is 0 Å². The molecule has 1 atom stereocenters. The quantitative estimate of drug-likeness (QED) is 0.535. The number of hydrogen-bond acceptors (Lipinski definition) is 7. The summed E-state index contributed by atoms with van der Waals surface area (Å²) in [6, 6.07) is 12.1. The number of allylic oxidation sites excluding steroid dienone is 1. The van der Waals surface area contributed by atoms with E-state index in [1.165, 1.54) is 23.1 Å². The topological polar surface area (TPSA) is 98.6 Å².